The predicted octanol–water partition coefficient (Wildman–Crippen LogP) is 3.01. The lowest BCUT2D eigenvalue weighted by molar-refractivity contribution is -0.384. The average Bonchev–Trinajstić information content (AvgIpc) is 3.29. The van der Waals surface area contributed by atoms with Crippen molar-refractivity contribution in [1.82, 2.24) is 0 Å². The van der Waals surface area contributed by atoms with E-state index in [9.17, 15) is 14.9 Å². The molecule has 0 bridgehead atoms. The summed E-state index contributed by atoms with van der Waals surface area (Å²) in [6.07, 6.45) is 3.24. The molecule has 1 fully saturated rings. The highest BCUT2D eigenvalue weighted by atomic mass is 16.6. The molecule has 1 aromatic carbocycles. The molecule has 0 saturated heterocycles. The highest BCUT2D eigenvalue weighted by Crippen LogP contribution is 2.35. The van der Waals surface area contributed by atoms with Crippen LogP contribution >= 0.6 is 0 Å². The molecular formula is C15H20N2O4. The van der Waals surface area contributed by atoms with Crippen molar-refractivity contribution in [3.63, 3.8) is 0 Å². The molecule has 0 heterocycles. The highest BCUT2D eigenvalue weighted by Gasteiger charge is 2.28. The lowest BCUT2D eigenvalue weighted by Gasteiger charge is -2.24. The molecule has 6 heteroatoms. The molecule has 1 aromatic rings. The molecule has 0 radical (unpaired) electrons. The number of nitro benzene ring substituents is 1. The van der Waals surface area contributed by atoms with Crippen LogP contribution in [0.1, 0.15) is 36.5 Å². The number of carbonyl (C=O) groups is 1. The number of hydrogen-bond donors (Lipinski definition) is 0. The first-order chi connectivity index (χ1) is 10.1. The summed E-state index contributed by atoms with van der Waals surface area (Å²) in [5, 5.41) is 11.2. The van der Waals surface area contributed by atoms with Gasteiger partial charge in [0.2, 0.25) is 0 Å². The van der Waals surface area contributed by atoms with Gasteiger partial charge in [0.25, 0.3) is 5.69 Å². The van der Waals surface area contributed by atoms with Crippen molar-refractivity contribution < 1.29 is 14.5 Å². The van der Waals surface area contributed by atoms with E-state index in [4.69, 9.17) is 4.74 Å². The number of carbonyl (C=O) groups excluding carboxylic acids is 1. The van der Waals surface area contributed by atoms with Gasteiger partial charge in [-0.2, -0.15) is 0 Å². The van der Waals surface area contributed by atoms with Crippen LogP contribution in [-0.2, 0) is 4.74 Å². The molecule has 2 rings (SSSR count). The van der Waals surface area contributed by atoms with E-state index >= 15 is 0 Å². The van der Waals surface area contributed by atoms with Gasteiger partial charge in [-0.3, -0.25) is 10.1 Å². The summed E-state index contributed by atoms with van der Waals surface area (Å²) in [6.45, 7) is 3.58. The second-order valence-corrected chi connectivity index (χ2v) is 5.34. The molecule has 1 saturated carbocycles. The van der Waals surface area contributed by atoms with Gasteiger partial charge in [-0.05, 0) is 37.3 Å². The minimum Gasteiger partial charge on any atom is -0.465 e. The summed E-state index contributed by atoms with van der Waals surface area (Å²) in [7, 11) is 1.30. The second kappa shape index (κ2) is 6.56. The van der Waals surface area contributed by atoms with Gasteiger partial charge in [0, 0.05) is 19.2 Å². The van der Waals surface area contributed by atoms with E-state index in [-0.39, 0.29) is 5.69 Å². The van der Waals surface area contributed by atoms with E-state index in [0.717, 1.165) is 19.5 Å². The summed E-state index contributed by atoms with van der Waals surface area (Å²) in [6, 6.07) is 4.40. The van der Waals surface area contributed by atoms with Crippen LogP contribution in [0.2, 0.25) is 0 Å². The molecule has 0 aromatic heterocycles. The van der Waals surface area contributed by atoms with Crippen LogP contribution in [0.5, 0.6) is 0 Å². The largest absolute Gasteiger partial charge is 0.465 e. The zero-order valence-corrected chi connectivity index (χ0v) is 12.4. The minimum absolute atomic E-state index is 0.0387. The van der Waals surface area contributed by atoms with Crippen molar-refractivity contribution in [2.24, 2.45) is 5.92 Å². The van der Waals surface area contributed by atoms with Crippen molar-refractivity contribution in [2.75, 3.05) is 25.1 Å². The van der Waals surface area contributed by atoms with Crippen LogP contribution in [-0.4, -0.2) is 31.1 Å². The molecule has 1 aliphatic carbocycles. The second-order valence-electron chi connectivity index (χ2n) is 5.34. The van der Waals surface area contributed by atoms with Crippen LogP contribution in [0.4, 0.5) is 11.4 Å². The fourth-order valence-corrected chi connectivity index (χ4v) is 2.37. The number of nitrogens with zero attached hydrogens (tertiary/aromatic N) is 2. The van der Waals surface area contributed by atoms with Gasteiger partial charge < -0.3 is 9.64 Å². The number of ether oxygens (including phenoxy) is 1. The third-order valence-electron chi connectivity index (χ3n) is 3.60. The summed E-state index contributed by atoms with van der Waals surface area (Å²) in [5.41, 5.74) is 0.892. The van der Waals surface area contributed by atoms with Gasteiger partial charge in [-0.25, -0.2) is 4.79 Å². The molecule has 114 valence electrons. The third kappa shape index (κ3) is 3.71. The lowest BCUT2D eigenvalue weighted by atomic mass is 10.1. The van der Waals surface area contributed by atoms with Crippen LogP contribution < -0.4 is 4.90 Å². The van der Waals surface area contributed by atoms with Crippen molar-refractivity contribution in [1.29, 1.82) is 0 Å². The zero-order valence-electron chi connectivity index (χ0n) is 12.4. The number of hydrogen-bond acceptors (Lipinski definition) is 5. The first-order valence-electron chi connectivity index (χ1n) is 7.18. The first-order valence-corrected chi connectivity index (χ1v) is 7.18. The molecule has 21 heavy (non-hydrogen) atoms. The molecule has 1 aliphatic rings. The molecule has 0 aliphatic heterocycles. The monoisotopic (exact) mass is 292 g/mol. The Balaban J connectivity index is 2.38. The van der Waals surface area contributed by atoms with Crippen LogP contribution in [0, 0.1) is 16.0 Å². The maximum absolute atomic E-state index is 11.7. The Kier molecular flexibility index (Phi) is 4.77. The number of benzene rings is 1. The Morgan fingerprint density at radius 2 is 2.19 bits per heavy atom. The SMILES string of the molecule is CCCN(CC1CC1)c1cc(C(=O)OC)ccc1[N+](=O)[O-]. The summed E-state index contributed by atoms with van der Waals surface area (Å²) >= 11 is 0. The smallest absolute Gasteiger partial charge is 0.337 e. The minimum atomic E-state index is -0.478. The quantitative estimate of drug-likeness (QED) is 0.439. The van der Waals surface area contributed by atoms with Crippen LogP contribution in [0.3, 0.4) is 0 Å². The van der Waals surface area contributed by atoms with E-state index in [0.29, 0.717) is 17.2 Å². The number of esters is 1. The maximum atomic E-state index is 11.7. The lowest BCUT2D eigenvalue weighted by Crippen LogP contribution is -2.27. The van der Waals surface area contributed by atoms with Gasteiger partial charge in [0.05, 0.1) is 17.6 Å². The van der Waals surface area contributed by atoms with Crippen molar-refractivity contribution in [3.05, 3.63) is 33.9 Å². The number of methoxy groups -OCH3 is 1. The van der Waals surface area contributed by atoms with E-state index in [2.05, 4.69) is 0 Å². The molecule has 0 N–H and O–H groups in total. The first kappa shape index (κ1) is 15.3. The molecule has 0 atom stereocenters. The predicted molar refractivity (Wildman–Crippen MR) is 79.7 cm³/mol. The van der Waals surface area contributed by atoms with E-state index in [1.54, 1.807) is 6.07 Å². The molecule has 0 spiro atoms. The summed E-state index contributed by atoms with van der Waals surface area (Å²) in [5.74, 6) is 0.131. The van der Waals surface area contributed by atoms with Crippen molar-refractivity contribution >= 4 is 17.3 Å². The normalized spacial score (nSPS) is 13.8. The zero-order chi connectivity index (χ0) is 15.4. The Morgan fingerprint density at radius 3 is 2.71 bits per heavy atom. The van der Waals surface area contributed by atoms with Gasteiger partial charge in [-0.15, -0.1) is 0 Å². The fourth-order valence-electron chi connectivity index (χ4n) is 2.37. The molecule has 0 unspecified atom stereocenters. The van der Waals surface area contributed by atoms with Gasteiger partial charge in [-0.1, -0.05) is 6.92 Å². The van der Waals surface area contributed by atoms with Crippen LogP contribution in [0.25, 0.3) is 0 Å². The number of rotatable bonds is 7. The number of anilines is 1. The molecular weight excluding hydrogens is 272 g/mol. The third-order valence-corrected chi connectivity index (χ3v) is 3.60. The van der Waals surface area contributed by atoms with Crippen LogP contribution in [0.15, 0.2) is 18.2 Å². The number of nitro groups is 1. The highest BCUT2D eigenvalue weighted by molar-refractivity contribution is 5.91. The Morgan fingerprint density at radius 1 is 1.48 bits per heavy atom. The molecule has 6 nitrogen and oxygen atoms in total. The van der Waals surface area contributed by atoms with Crippen molar-refractivity contribution in [3.8, 4) is 0 Å². The standard InChI is InChI=1S/C15H20N2O4/c1-3-8-16(10-11-4-5-11)14-9-12(15(18)21-2)6-7-13(14)17(19)20/h6-7,9,11H,3-5,8,10H2,1-2H3. The van der Waals surface area contributed by atoms with E-state index in [1.165, 1.54) is 32.1 Å². The van der Waals surface area contributed by atoms with E-state index in [1.807, 2.05) is 11.8 Å². The Labute approximate surface area is 123 Å². The maximum Gasteiger partial charge on any atom is 0.337 e. The van der Waals surface area contributed by atoms with Gasteiger partial charge in [0.1, 0.15) is 5.69 Å². The van der Waals surface area contributed by atoms with Gasteiger partial charge in [0.15, 0.2) is 0 Å². The Hall–Kier alpha value is -2.11. The Bertz CT molecular complexity index is 540. The topological polar surface area (TPSA) is 72.7 Å². The summed E-state index contributed by atoms with van der Waals surface area (Å²) in [4.78, 5) is 24.5. The average molecular weight is 292 g/mol. The van der Waals surface area contributed by atoms with E-state index < -0.39 is 10.9 Å². The van der Waals surface area contributed by atoms with Gasteiger partial charge >= 0.3 is 5.97 Å². The summed E-state index contributed by atoms with van der Waals surface area (Å²) < 4.78 is 4.70. The fraction of sp³-hybridized carbons (Fsp3) is 0.533. The molecule has 0 amide bonds. The van der Waals surface area contributed by atoms with Crippen molar-refractivity contribution in [2.45, 2.75) is 26.2 Å².